The molecular weight excluding hydrogens is 452 g/mol. The molecule has 144 valence electrons. The Labute approximate surface area is 169 Å². The number of benzene rings is 1. The number of rotatable bonds is 6. The first-order valence-electron chi connectivity index (χ1n) is 8.10. The lowest BCUT2D eigenvalue weighted by Gasteiger charge is -2.22. The van der Waals surface area contributed by atoms with E-state index in [4.69, 9.17) is 4.42 Å². The summed E-state index contributed by atoms with van der Waals surface area (Å²) in [5.74, 6) is 0.614. The Balaban J connectivity index is 0.00000338. The number of halogens is 2. The largest absolute Gasteiger partial charge is 0.505 e. The van der Waals surface area contributed by atoms with Crippen LogP contribution >= 0.6 is 24.0 Å². The van der Waals surface area contributed by atoms with Crippen LogP contribution in [-0.2, 0) is 12.1 Å². The standard InChI is InChI=1S/C18H24FN3O3.HI/c1-4-20-17(21-10-13-6-7-15(23)14(19)9-13)22-11-18(3,24)16-8-5-12(2)25-16;/h5-9,23-24H,4,10-11H2,1-3H3,(H2,20,21,22);1H. The van der Waals surface area contributed by atoms with Gasteiger partial charge >= 0.3 is 0 Å². The van der Waals surface area contributed by atoms with Gasteiger partial charge in [-0.2, -0.15) is 0 Å². The molecule has 26 heavy (non-hydrogen) atoms. The van der Waals surface area contributed by atoms with Crippen molar-refractivity contribution in [3.63, 3.8) is 0 Å². The van der Waals surface area contributed by atoms with Crippen molar-refractivity contribution in [2.45, 2.75) is 32.9 Å². The van der Waals surface area contributed by atoms with E-state index >= 15 is 0 Å². The predicted molar refractivity (Wildman–Crippen MR) is 109 cm³/mol. The average molecular weight is 477 g/mol. The molecule has 1 aromatic heterocycles. The van der Waals surface area contributed by atoms with Crippen molar-refractivity contribution in [2.75, 3.05) is 13.1 Å². The average Bonchev–Trinajstić information content (AvgIpc) is 3.01. The summed E-state index contributed by atoms with van der Waals surface area (Å²) in [7, 11) is 0. The van der Waals surface area contributed by atoms with Gasteiger partial charge in [0.05, 0.1) is 13.1 Å². The molecule has 1 aromatic carbocycles. The summed E-state index contributed by atoms with van der Waals surface area (Å²) in [4.78, 5) is 4.36. The first-order chi connectivity index (χ1) is 11.8. The van der Waals surface area contributed by atoms with E-state index < -0.39 is 11.4 Å². The Morgan fingerprint density at radius 2 is 2.00 bits per heavy atom. The van der Waals surface area contributed by atoms with Gasteiger partial charge in [-0.3, -0.25) is 0 Å². The van der Waals surface area contributed by atoms with Gasteiger partial charge < -0.3 is 25.3 Å². The number of phenolic OH excluding ortho intramolecular Hbond substituents is 1. The molecule has 0 aliphatic heterocycles. The third kappa shape index (κ3) is 6.17. The van der Waals surface area contributed by atoms with Gasteiger partial charge in [0.2, 0.25) is 0 Å². The highest BCUT2D eigenvalue weighted by Gasteiger charge is 2.27. The van der Waals surface area contributed by atoms with E-state index in [1.54, 1.807) is 25.1 Å². The van der Waals surface area contributed by atoms with Gasteiger partial charge in [0.15, 0.2) is 17.5 Å². The number of nitrogens with zero attached hydrogens (tertiary/aromatic N) is 1. The van der Waals surface area contributed by atoms with Gasteiger partial charge in [0, 0.05) is 6.54 Å². The summed E-state index contributed by atoms with van der Waals surface area (Å²) in [6.07, 6.45) is 0. The zero-order valence-corrected chi connectivity index (χ0v) is 17.4. The molecule has 0 aliphatic rings. The minimum atomic E-state index is -1.20. The lowest BCUT2D eigenvalue weighted by Crippen LogP contribution is -2.44. The Hall–Kier alpha value is -1.81. The fourth-order valence-electron chi connectivity index (χ4n) is 2.23. The van der Waals surface area contributed by atoms with Crippen LogP contribution in [0, 0.1) is 12.7 Å². The summed E-state index contributed by atoms with van der Waals surface area (Å²) < 4.78 is 18.9. The molecule has 0 bridgehead atoms. The van der Waals surface area contributed by atoms with Gasteiger partial charge in [0.25, 0.3) is 0 Å². The molecule has 0 aliphatic carbocycles. The number of guanidine groups is 1. The van der Waals surface area contributed by atoms with Crippen molar-refractivity contribution in [2.24, 2.45) is 4.99 Å². The van der Waals surface area contributed by atoms with Crippen LogP contribution in [0.2, 0.25) is 0 Å². The topological polar surface area (TPSA) is 90.0 Å². The monoisotopic (exact) mass is 477 g/mol. The number of aryl methyl sites for hydroxylation is 1. The third-order valence-corrected chi connectivity index (χ3v) is 3.65. The Morgan fingerprint density at radius 1 is 1.27 bits per heavy atom. The highest BCUT2D eigenvalue weighted by molar-refractivity contribution is 14.0. The second-order valence-corrected chi connectivity index (χ2v) is 6.02. The zero-order chi connectivity index (χ0) is 18.4. The summed E-state index contributed by atoms with van der Waals surface area (Å²) >= 11 is 0. The van der Waals surface area contributed by atoms with E-state index in [1.807, 2.05) is 13.8 Å². The molecule has 0 saturated heterocycles. The molecule has 2 aromatic rings. The van der Waals surface area contributed by atoms with Crippen molar-refractivity contribution in [1.29, 1.82) is 0 Å². The number of aliphatic hydroxyl groups is 1. The van der Waals surface area contributed by atoms with E-state index in [2.05, 4.69) is 15.6 Å². The van der Waals surface area contributed by atoms with Crippen LogP contribution in [0.15, 0.2) is 39.7 Å². The van der Waals surface area contributed by atoms with Gasteiger partial charge in [-0.1, -0.05) is 6.07 Å². The second-order valence-electron chi connectivity index (χ2n) is 6.02. The van der Waals surface area contributed by atoms with Crippen LogP contribution in [0.4, 0.5) is 4.39 Å². The highest BCUT2D eigenvalue weighted by Crippen LogP contribution is 2.22. The molecule has 0 radical (unpaired) electrons. The molecule has 0 spiro atoms. The summed E-state index contributed by atoms with van der Waals surface area (Å²) in [6.45, 7) is 6.44. The van der Waals surface area contributed by atoms with Crippen molar-refractivity contribution in [3.05, 3.63) is 53.2 Å². The first kappa shape index (κ1) is 22.2. The van der Waals surface area contributed by atoms with Gasteiger partial charge in [-0.15, -0.1) is 24.0 Å². The quantitative estimate of drug-likeness (QED) is 0.292. The zero-order valence-electron chi connectivity index (χ0n) is 15.0. The lowest BCUT2D eigenvalue weighted by atomic mass is 10.0. The normalized spacial score (nSPS) is 13.7. The van der Waals surface area contributed by atoms with Gasteiger partial charge in [0.1, 0.15) is 17.1 Å². The van der Waals surface area contributed by atoms with Crippen molar-refractivity contribution >= 4 is 29.9 Å². The van der Waals surface area contributed by atoms with Crippen LogP contribution in [0.25, 0.3) is 0 Å². The predicted octanol–water partition coefficient (Wildman–Crippen LogP) is 3.01. The molecule has 0 saturated carbocycles. The maximum atomic E-state index is 13.4. The number of furan rings is 1. The molecular formula is C18H25FIN3O3. The molecule has 1 heterocycles. The molecule has 2 rings (SSSR count). The first-order valence-corrected chi connectivity index (χ1v) is 8.10. The molecule has 1 unspecified atom stereocenters. The Kier molecular flexibility index (Phi) is 8.35. The van der Waals surface area contributed by atoms with Crippen molar-refractivity contribution in [1.82, 2.24) is 10.6 Å². The third-order valence-electron chi connectivity index (χ3n) is 3.65. The van der Waals surface area contributed by atoms with Crippen LogP contribution in [0.3, 0.4) is 0 Å². The lowest BCUT2D eigenvalue weighted by molar-refractivity contribution is 0.0378. The minimum Gasteiger partial charge on any atom is -0.505 e. The maximum absolute atomic E-state index is 13.4. The van der Waals surface area contributed by atoms with E-state index in [1.165, 1.54) is 12.1 Å². The number of phenols is 1. The fraction of sp³-hybridized carbons (Fsp3) is 0.389. The number of hydrogen-bond acceptors (Lipinski definition) is 4. The highest BCUT2D eigenvalue weighted by atomic mass is 127. The van der Waals surface area contributed by atoms with Crippen LogP contribution in [0.5, 0.6) is 5.75 Å². The van der Waals surface area contributed by atoms with E-state index in [-0.39, 0.29) is 42.8 Å². The van der Waals surface area contributed by atoms with Crippen molar-refractivity contribution < 1.29 is 19.0 Å². The second kappa shape index (κ2) is 9.77. The molecule has 0 fully saturated rings. The molecule has 1 atom stereocenters. The van der Waals surface area contributed by atoms with Crippen LogP contribution in [-0.4, -0.2) is 29.3 Å². The molecule has 4 N–H and O–H groups in total. The SMILES string of the molecule is CCNC(=NCc1ccc(O)c(F)c1)NCC(C)(O)c1ccc(C)o1.I. The number of nitrogens with one attached hydrogen (secondary N) is 2. The summed E-state index contributed by atoms with van der Waals surface area (Å²) in [5.41, 5.74) is -0.573. The van der Waals surface area contributed by atoms with Gasteiger partial charge in [-0.25, -0.2) is 9.38 Å². The Morgan fingerprint density at radius 3 is 2.58 bits per heavy atom. The van der Waals surface area contributed by atoms with E-state index in [0.29, 0.717) is 23.8 Å². The summed E-state index contributed by atoms with van der Waals surface area (Å²) in [6, 6.07) is 7.67. The maximum Gasteiger partial charge on any atom is 0.191 e. The van der Waals surface area contributed by atoms with E-state index in [0.717, 1.165) is 5.76 Å². The number of hydrogen-bond donors (Lipinski definition) is 4. The van der Waals surface area contributed by atoms with Crippen LogP contribution in [0.1, 0.15) is 30.9 Å². The number of aliphatic imine (C=N–C) groups is 1. The number of aromatic hydroxyl groups is 1. The molecule has 8 heteroatoms. The Bertz CT molecular complexity index is 747. The smallest absolute Gasteiger partial charge is 0.191 e. The minimum absolute atomic E-state index is 0. The van der Waals surface area contributed by atoms with E-state index in [9.17, 15) is 14.6 Å². The van der Waals surface area contributed by atoms with Crippen LogP contribution < -0.4 is 10.6 Å². The molecule has 0 amide bonds. The molecule has 6 nitrogen and oxygen atoms in total. The van der Waals surface area contributed by atoms with Gasteiger partial charge in [-0.05, 0) is 50.6 Å². The van der Waals surface area contributed by atoms with Crippen molar-refractivity contribution in [3.8, 4) is 5.75 Å². The summed E-state index contributed by atoms with van der Waals surface area (Å²) in [5, 5.41) is 25.9. The fourth-order valence-corrected chi connectivity index (χ4v) is 2.23.